The highest BCUT2D eigenvalue weighted by Gasteiger charge is 2.17. The molecular weight excluding hydrogens is 272 g/mol. The Morgan fingerprint density at radius 3 is 2.91 bits per heavy atom. The molecule has 0 bridgehead atoms. The van der Waals surface area contributed by atoms with Gasteiger partial charge in [-0.2, -0.15) is 5.26 Å². The lowest BCUT2D eigenvalue weighted by molar-refractivity contribution is 0.627. The molecule has 0 fully saturated rings. The Hall–Kier alpha value is -2.41. The van der Waals surface area contributed by atoms with Crippen molar-refractivity contribution in [3.05, 3.63) is 46.5 Å². The Morgan fingerprint density at radius 1 is 1.23 bits per heavy atom. The van der Waals surface area contributed by atoms with Crippen LogP contribution in [-0.4, -0.2) is 14.8 Å². The fraction of sp³-hybridized carbons (Fsp3) is 0.389. The van der Waals surface area contributed by atoms with E-state index in [1.165, 1.54) is 12.0 Å². The van der Waals surface area contributed by atoms with Crippen LogP contribution in [0.1, 0.15) is 47.6 Å². The van der Waals surface area contributed by atoms with E-state index >= 15 is 0 Å². The molecule has 1 aromatic carbocycles. The maximum Gasteiger partial charge on any atom is 0.174 e. The smallest absolute Gasteiger partial charge is 0.174 e. The fourth-order valence-corrected chi connectivity index (χ4v) is 2.90. The van der Waals surface area contributed by atoms with E-state index in [9.17, 15) is 5.26 Å². The Bertz CT molecular complexity index is 762. The summed E-state index contributed by atoms with van der Waals surface area (Å²) in [7, 11) is 0. The molecule has 4 heteroatoms. The van der Waals surface area contributed by atoms with E-state index in [1.54, 1.807) is 0 Å². The first-order valence-corrected chi connectivity index (χ1v) is 7.80. The Morgan fingerprint density at radius 2 is 2.09 bits per heavy atom. The van der Waals surface area contributed by atoms with Gasteiger partial charge in [0.2, 0.25) is 0 Å². The van der Waals surface area contributed by atoms with E-state index in [-0.39, 0.29) is 0 Å². The number of allylic oxidation sites excluding steroid dienone is 1. The van der Waals surface area contributed by atoms with Crippen molar-refractivity contribution < 1.29 is 0 Å². The van der Waals surface area contributed by atoms with Gasteiger partial charge in [0.05, 0.1) is 5.57 Å². The van der Waals surface area contributed by atoms with Crippen LogP contribution in [0.5, 0.6) is 0 Å². The summed E-state index contributed by atoms with van der Waals surface area (Å²) in [5.41, 5.74) is 4.01. The second kappa shape index (κ2) is 6.15. The van der Waals surface area contributed by atoms with Crippen LogP contribution in [0.2, 0.25) is 0 Å². The van der Waals surface area contributed by atoms with Gasteiger partial charge in [0.25, 0.3) is 0 Å². The highest BCUT2D eigenvalue weighted by Crippen LogP contribution is 2.22. The summed E-state index contributed by atoms with van der Waals surface area (Å²) in [6.45, 7) is 5.03. The summed E-state index contributed by atoms with van der Waals surface area (Å²) in [5.74, 6) is 1.72. The van der Waals surface area contributed by atoms with Crippen LogP contribution in [0.3, 0.4) is 0 Å². The van der Waals surface area contributed by atoms with Gasteiger partial charge >= 0.3 is 0 Å². The van der Waals surface area contributed by atoms with E-state index in [1.807, 2.05) is 6.08 Å². The summed E-state index contributed by atoms with van der Waals surface area (Å²) < 4.78 is 2.12. The predicted octanol–water partition coefficient (Wildman–Crippen LogP) is 3.69. The molecule has 0 spiro atoms. The molecule has 3 rings (SSSR count). The number of hydrogen-bond acceptors (Lipinski definition) is 3. The number of aromatic nitrogens is 3. The van der Waals surface area contributed by atoms with Crippen molar-refractivity contribution in [3.8, 4) is 6.07 Å². The number of fused-ring (bicyclic) bond motifs is 1. The van der Waals surface area contributed by atoms with Crippen LogP contribution in [-0.2, 0) is 13.0 Å². The SMILES string of the molecule is Cc1ccc(C)c(C=C(C#N)c2nnc3n2CCCCC3)c1. The maximum absolute atomic E-state index is 9.59. The summed E-state index contributed by atoms with van der Waals surface area (Å²) in [6.07, 6.45) is 6.38. The third kappa shape index (κ3) is 2.80. The minimum Gasteiger partial charge on any atom is -0.310 e. The highest BCUT2D eigenvalue weighted by atomic mass is 15.3. The number of nitriles is 1. The van der Waals surface area contributed by atoms with Crippen LogP contribution in [0, 0.1) is 25.2 Å². The van der Waals surface area contributed by atoms with Crippen molar-refractivity contribution in [3.63, 3.8) is 0 Å². The third-order valence-corrected chi connectivity index (χ3v) is 4.21. The Balaban J connectivity index is 2.05. The molecule has 2 aromatic rings. The standard InChI is InChI=1S/C18H20N4/c1-13-7-8-14(2)15(10-13)11-16(12-19)18-21-20-17-6-4-3-5-9-22(17)18/h7-8,10-11H,3-6,9H2,1-2H3. The topological polar surface area (TPSA) is 54.5 Å². The minimum atomic E-state index is 0.592. The number of benzene rings is 1. The van der Waals surface area contributed by atoms with Gasteiger partial charge < -0.3 is 4.57 Å². The van der Waals surface area contributed by atoms with E-state index in [0.29, 0.717) is 11.4 Å². The number of nitrogens with zero attached hydrogens (tertiary/aromatic N) is 4. The van der Waals surface area contributed by atoms with Crippen molar-refractivity contribution in [2.75, 3.05) is 0 Å². The fourth-order valence-electron chi connectivity index (χ4n) is 2.90. The third-order valence-electron chi connectivity index (χ3n) is 4.21. The van der Waals surface area contributed by atoms with Crippen molar-refractivity contribution in [2.24, 2.45) is 0 Å². The molecule has 0 unspecified atom stereocenters. The zero-order valence-electron chi connectivity index (χ0n) is 13.1. The van der Waals surface area contributed by atoms with Crippen LogP contribution in [0.15, 0.2) is 18.2 Å². The Kier molecular flexibility index (Phi) is 4.06. The molecule has 0 radical (unpaired) electrons. The summed E-state index contributed by atoms with van der Waals surface area (Å²) >= 11 is 0. The molecule has 2 heterocycles. The van der Waals surface area contributed by atoms with Crippen LogP contribution in [0.4, 0.5) is 0 Å². The molecule has 0 saturated heterocycles. The minimum absolute atomic E-state index is 0.592. The zero-order chi connectivity index (χ0) is 15.5. The molecule has 0 saturated carbocycles. The lowest BCUT2D eigenvalue weighted by Crippen LogP contribution is -2.05. The molecule has 1 aliphatic heterocycles. The summed E-state index contributed by atoms with van der Waals surface area (Å²) in [4.78, 5) is 0. The van der Waals surface area contributed by atoms with E-state index in [0.717, 1.165) is 42.8 Å². The van der Waals surface area contributed by atoms with E-state index in [4.69, 9.17) is 0 Å². The monoisotopic (exact) mass is 292 g/mol. The summed E-state index contributed by atoms with van der Waals surface area (Å²) in [6, 6.07) is 8.58. The van der Waals surface area contributed by atoms with Gasteiger partial charge in [-0.1, -0.05) is 30.2 Å². The lowest BCUT2D eigenvalue weighted by Gasteiger charge is -2.07. The second-order valence-corrected chi connectivity index (χ2v) is 5.93. The first-order chi connectivity index (χ1) is 10.7. The Labute approximate surface area is 131 Å². The van der Waals surface area contributed by atoms with Gasteiger partial charge in [-0.3, -0.25) is 0 Å². The maximum atomic E-state index is 9.59. The predicted molar refractivity (Wildman–Crippen MR) is 87.0 cm³/mol. The number of rotatable bonds is 2. The van der Waals surface area contributed by atoms with Crippen LogP contribution >= 0.6 is 0 Å². The van der Waals surface area contributed by atoms with Gasteiger partial charge in [0.15, 0.2) is 5.82 Å². The van der Waals surface area contributed by atoms with Gasteiger partial charge in [-0.25, -0.2) is 0 Å². The summed E-state index contributed by atoms with van der Waals surface area (Å²) in [5, 5.41) is 18.2. The van der Waals surface area contributed by atoms with Gasteiger partial charge in [0, 0.05) is 13.0 Å². The molecule has 0 N–H and O–H groups in total. The second-order valence-electron chi connectivity index (χ2n) is 5.93. The van der Waals surface area contributed by atoms with E-state index in [2.05, 4.69) is 52.9 Å². The van der Waals surface area contributed by atoms with Gasteiger partial charge in [0.1, 0.15) is 11.9 Å². The normalized spacial score (nSPS) is 15.0. The average molecular weight is 292 g/mol. The molecule has 22 heavy (non-hydrogen) atoms. The first-order valence-electron chi connectivity index (χ1n) is 7.80. The number of hydrogen-bond donors (Lipinski definition) is 0. The molecule has 4 nitrogen and oxygen atoms in total. The highest BCUT2D eigenvalue weighted by molar-refractivity contribution is 5.87. The van der Waals surface area contributed by atoms with Gasteiger partial charge in [-0.05, 0) is 43.9 Å². The average Bonchev–Trinajstić information content (AvgIpc) is 2.76. The molecule has 0 atom stereocenters. The molecule has 1 aromatic heterocycles. The molecule has 112 valence electrons. The molecule has 0 aliphatic carbocycles. The largest absolute Gasteiger partial charge is 0.310 e. The van der Waals surface area contributed by atoms with Gasteiger partial charge in [-0.15, -0.1) is 10.2 Å². The van der Waals surface area contributed by atoms with E-state index < -0.39 is 0 Å². The zero-order valence-corrected chi connectivity index (χ0v) is 13.1. The molecular formula is C18H20N4. The molecule has 0 amide bonds. The van der Waals surface area contributed by atoms with Crippen molar-refractivity contribution in [2.45, 2.75) is 46.1 Å². The number of aryl methyl sites for hydroxylation is 3. The van der Waals surface area contributed by atoms with Crippen molar-refractivity contribution in [1.82, 2.24) is 14.8 Å². The lowest BCUT2D eigenvalue weighted by atomic mass is 10.0. The van der Waals surface area contributed by atoms with Crippen LogP contribution < -0.4 is 0 Å². The van der Waals surface area contributed by atoms with Crippen molar-refractivity contribution in [1.29, 1.82) is 5.26 Å². The molecule has 1 aliphatic rings. The van der Waals surface area contributed by atoms with Crippen LogP contribution in [0.25, 0.3) is 11.6 Å². The van der Waals surface area contributed by atoms with Crippen molar-refractivity contribution >= 4 is 11.6 Å². The quantitative estimate of drug-likeness (QED) is 0.793. The first kappa shape index (κ1) is 14.5.